The summed E-state index contributed by atoms with van der Waals surface area (Å²) in [4.78, 5) is 0. The number of rotatable bonds is 2. The fourth-order valence-electron chi connectivity index (χ4n) is 0.850. The van der Waals surface area contributed by atoms with Crippen molar-refractivity contribution in [2.75, 3.05) is 6.61 Å². The van der Waals surface area contributed by atoms with Gasteiger partial charge in [0.05, 0.1) is 11.7 Å². The average molecular weight is 143 g/mol. The number of ether oxygens (including phenoxy) is 1. The maximum Gasteiger partial charge on any atom is 0.247 e. The van der Waals surface area contributed by atoms with Crippen molar-refractivity contribution in [2.45, 2.75) is 32.0 Å². The average Bonchev–Trinajstić information content (AvgIpc) is 1.60. The minimum Gasteiger partial charge on any atom is -0.411 e. The molecule has 1 atom stereocenters. The third-order valence-electron chi connectivity index (χ3n) is 1.74. The van der Waals surface area contributed by atoms with Crippen molar-refractivity contribution in [3.8, 4) is 0 Å². The first-order valence-corrected chi connectivity index (χ1v) is 3.54. The van der Waals surface area contributed by atoms with E-state index in [1.807, 2.05) is 13.8 Å². The standard InChI is InChI=1S/C6H11O2Si/c1-6(2,8-9)5-3-4-7-5/h5H,3-4H2,1-2H3. The van der Waals surface area contributed by atoms with Gasteiger partial charge >= 0.3 is 0 Å². The number of hydrogen-bond donors (Lipinski definition) is 0. The molecular weight excluding hydrogens is 132 g/mol. The molecule has 1 fully saturated rings. The van der Waals surface area contributed by atoms with E-state index in [4.69, 9.17) is 9.16 Å². The highest BCUT2D eigenvalue weighted by Gasteiger charge is 2.34. The molecule has 1 unspecified atom stereocenters. The van der Waals surface area contributed by atoms with Gasteiger partial charge in [0, 0.05) is 6.61 Å². The Morgan fingerprint density at radius 2 is 2.22 bits per heavy atom. The van der Waals surface area contributed by atoms with Crippen LogP contribution in [0, 0.1) is 0 Å². The quantitative estimate of drug-likeness (QED) is 0.528. The van der Waals surface area contributed by atoms with Crippen molar-refractivity contribution in [3.63, 3.8) is 0 Å². The van der Waals surface area contributed by atoms with Gasteiger partial charge in [0.25, 0.3) is 0 Å². The van der Waals surface area contributed by atoms with Crippen LogP contribution in [-0.4, -0.2) is 28.8 Å². The van der Waals surface area contributed by atoms with Gasteiger partial charge in [-0.15, -0.1) is 0 Å². The molecule has 2 nitrogen and oxygen atoms in total. The molecule has 3 radical (unpaired) electrons. The molecule has 0 saturated carbocycles. The fraction of sp³-hybridized carbons (Fsp3) is 1.00. The first kappa shape index (κ1) is 7.25. The predicted molar refractivity (Wildman–Crippen MR) is 35.3 cm³/mol. The lowest BCUT2D eigenvalue weighted by Crippen LogP contribution is -2.47. The van der Waals surface area contributed by atoms with Crippen LogP contribution in [0.15, 0.2) is 0 Å². The van der Waals surface area contributed by atoms with Crippen LogP contribution in [0.1, 0.15) is 20.3 Å². The summed E-state index contributed by atoms with van der Waals surface area (Å²) in [5.41, 5.74) is -0.171. The van der Waals surface area contributed by atoms with Gasteiger partial charge in [0.2, 0.25) is 10.5 Å². The van der Waals surface area contributed by atoms with Gasteiger partial charge < -0.3 is 9.16 Å². The smallest absolute Gasteiger partial charge is 0.247 e. The molecule has 1 aliphatic rings. The zero-order valence-electron chi connectivity index (χ0n) is 5.81. The molecule has 0 N–H and O–H groups in total. The van der Waals surface area contributed by atoms with Gasteiger partial charge in [-0.25, -0.2) is 0 Å². The molecule has 3 heteroatoms. The lowest BCUT2D eigenvalue weighted by molar-refractivity contribution is -0.143. The Hall–Kier alpha value is 0.137. The van der Waals surface area contributed by atoms with E-state index in [-0.39, 0.29) is 11.7 Å². The SMILES string of the molecule is CC(C)(O[Si])C1CCO1. The third-order valence-corrected chi connectivity index (χ3v) is 2.26. The van der Waals surface area contributed by atoms with Crippen molar-refractivity contribution < 1.29 is 9.16 Å². The topological polar surface area (TPSA) is 18.5 Å². The molecular formula is C6H11O2Si. The van der Waals surface area contributed by atoms with Gasteiger partial charge in [0.15, 0.2) is 0 Å². The second-order valence-corrected chi connectivity index (χ2v) is 3.06. The van der Waals surface area contributed by atoms with Crippen LogP contribution in [-0.2, 0) is 9.16 Å². The first-order chi connectivity index (χ1) is 4.17. The summed E-state index contributed by atoms with van der Waals surface area (Å²) in [5.74, 6) is 0. The normalized spacial score (nSPS) is 27.7. The molecule has 1 heterocycles. The Morgan fingerprint density at radius 1 is 1.67 bits per heavy atom. The van der Waals surface area contributed by atoms with Crippen LogP contribution >= 0.6 is 0 Å². The van der Waals surface area contributed by atoms with E-state index in [1.165, 1.54) is 0 Å². The van der Waals surface area contributed by atoms with E-state index in [0.29, 0.717) is 0 Å². The first-order valence-electron chi connectivity index (χ1n) is 3.13. The van der Waals surface area contributed by atoms with Crippen LogP contribution in [0.5, 0.6) is 0 Å². The summed E-state index contributed by atoms with van der Waals surface area (Å²) < 4.78 is 10.3. The van der Waals surface area contributed by atoms with Crippen LogP contribution in [0.2, 0.25) is 0 Å². The molecule has 1 aliphatic heterocycles. The van der Waals surface area contributed by atoms with E-state index < -0.39 is 0 Å². The molecule has 0 spiro atoms. The van der Waals surface area contributed by atoms with E-state index >= 15 is 0 Å². The fourth-order valence-corrected chi connectivity index (χ4v) is 0.981. The maximum atomic E-state index is 5.23. The maximum absolute atomic E-state index is 5.23. The largest absolute Gasteiger partial charge is 0.411 e. The molecule has 0 amide bonds. The predicted octanol–water partition coefficient (Wildman–Crippen LogP) is 0.654. The van der Waals surface area contributed by atoms with Crippen LogP contribution in [0.3, 0.4) is 0 Å². The van der Waals surface area contributed by atoms with Crippen molar-refractivity contribution >= 4 is 10.5 Å². The summed E-state index contributed by atoms with van der Waals surface area (Å²) >= 11 is 0. The zero-order valence-corrected chi connectivity index (χ0v) is 6.81. The van der Waals surface area contributed by atoms with E-state index in [1.54, 1.807) is 0 Å². The van der Waals surface area contributed by atoms with Crippen molar-refractivity contribution in [1.82, 2.24) is 0 Å². The molecule has 9 heavy (non-hydrogen) atoms. The van der Waals surface area contributed by atoms with E-state index in [0.717, 1.165) is 13.0 Å². The highest BCUT2D eigenvalue weighted by molar-refractivity contribution is 5.98. The summed E-state index contributed by atoms with van der Waals surface area (Å²) in [5, 5.41) is 0. The highest BCUT2D eigenvalue weighted by Crippen LogP contribution is 2.25. The van der Waals surface area contributed by atoms with Gasteiger partial charge in [0.1, 0.15) is 0 Å². The molecule has 1 saturated heterocycles. The molecule has 0 aromatic rings. The van der Waals surface area contributed by atoms with Crippen molar-refractivity contribution in [1.29, 1.82) is 0 Å². The van der Waals surface area contributed by atoms with E-state index in [2.05, 4.69) is 10.5 Å². The Kier molecular flexibility index (Phi) is 1.93. The third kappa shape index (κ3) is 1.34. The Bertz CT molecular complexity index is 99.2. The summed E-state index contributed by atoms with van der Waals surface area (Å²) in [7, 11) is 3.01. The zero-order chi connectivity index (χ0) is 6.91. The summed E-state index contributed by atoms with van der Waals surface area (Å²) in [6.07, 6.45) is 1.38. The Morgan fingerprint density at radius 3 is 2.33 bits per heavy atom. The molecule has 0 aromatic heterocycles. The van der Waals surface area contributed by atoms with Crippen molar-refractivity contribution in [2.24, 2.45) is 0 Å². The molecule has 1 rings (SSSR count). The van der Waals surface area contributed by atoms with Gasteiger partial charge in [-0.3, -0.25) is 0 Å². The molecule has 0 aliphatic carbocycles. The minimum atomic E-state index is -0.171. The number of hydrogen-bond acceptors (Lipinski definition) is 2. The van der Waals surface area contributed by atoms with E-state index in [9.17, 15) is 0 Å². The van der Waals surface area contributed by atoms with Gasteiger partial charge in [-0.1, -0.05) is 0 Å². The molecule has 0 bridgehead atoms. The second kappa shape index (κ2) is 2.40. The minimum absolute atomic E-state index is 0.171. The van der Waals surface area contributed by atoms with Crippen LogP contribution in [0.25, 0.3) is 0 Å². The van der Waals surface area contributed by atoms with Gasteiger partial charge in [-0.05, 0) is 20.3 Å². The van der Waals surface area contributed by atoms with Crippen LogP contribution in [0.4, 0.5) is 0 Å². The Balaban J connectivity index is 2.37. The summed E-state index contributed by atoms with van der Waals surface area (Å²) in [6, 6.07) is 0. The lowest BCUT2D eigenvalue weighted by Gasteiger charge is -2.39. The van der Waals surface area contributed by atoms with Crippen LogP contribution < -0.4 is 0 Å². The second-order valence-electron chi connectivity index (χ2n) is 2.85. The summed E-state index contributed by atoms with van der Waals surface area (Å²) in [6.45, 7) is 4.89. The van der Waals surface area contributed by atoms with Gasteiger partial charge in [-0.2, -0.15) is 0 Å². The Labute approximate surface area is 59.1 Å². The lowest BCUT2D eigenvalue weighted by atomic mass is 9.96. The monoisotopic (exact) mass is 143 g/mol. The van der Waals surface area contributed by atoms with Crippen molar-refractivity contribution in [3.05, 3.63) is 0 Å². The highest BCUT2D eigenvalue weighted by atomic mass is 28.2. The molecule has 0 aromatic carbocycles. The molecule has 51 valence electrons.